The number of amides is 2. The van der Waals surface area contributed by atoms with Gasteiger partial charge < -0.3 is 10.6 Å². The molecule has 2 aromatic rings. The Labute approximate surface area is 154 Å². The Morgan fingerprint density at radius 2 is 1.81 bits per heavy atom. The van der Waals surface area contributed by atoms with E-state index >= 15 is 0 Å². The molecule has 0 radical (unpaired) electrons. The zero-order valence-corrected chi connectivity index (χ0v) is 14.2. The number of carbonyl (C=O) groups excluding carboxylic acids is 1. The smallest absolute Gasteiger partial charge is 0.334 e. The zero-order chi connectivity index (χ0) is 19.3. The maximum absolute atomic E-state index is 12.7. The van der Waals surface area contributed by atoms with Crippen molar-refractivity contribution in [1.29, 1.82) is 0 Å². The van der Waals surface area contributed by atoms with Gasteiger partial charge in [0.15, 0.2) is 0 Å². The minimum absolute atomic E-state index is 0.0622. The van der Waals surface area contributed by atoms with Crippen molar-refractivity contribution in [2.24, 2.45) is 9.98 Å². The zero-order valence-electron chi connectivity index (χ0n) is 14.2. The van der Waals surface area contributed by atoms with Gasteiger partial charge in [-0.05, 0) is 35.7 Å². The van der Waals surface area contributed by atoms with Crippen molar-refractivity contribution in [3.8, 4) is 0 Å². The molecule has 5 nitrogen and oxygen atoms in total. The molecule has 8 heteroatoms. The first-order valence-electron chi connectivity index (χ1n) is 8.25. The summed E-state index contributed by atoms with van der Waals surface area (Å²) in [7, 11) is 0. The van der Waals surface area contributed by atoms with E-state index in [-0.39, 0.29) is 18.3 Å². The van der Waals surface area contributed by atoms with Gasteiger partial charge >= 0.3 is 12.2 Å². The SMILES string of the molecule is O=C(NCc1ccc(CC2C=NC=N2)cc1)Nc1cccc(C(F)(F)F)c1. The van der Waals surface area contributed by atoms with Crippen LogP contribution in [0, 0.1) is 0 Å². The third kappa shape index (κ3) is 5.40. The lowest BCUT2D eigenvalue weighted by atomic mass is 10.1. The number of anilines is 1. The van der Waals surface area contributed by atoms with Crippen molar-refractivity contribution in [3.63, 3.8) is 0 Å². The molecule has 0 saturated carbocycles. The van der Waals surface area contributed by atoms with Crippen LogP contribution >= 0.6 is 0 Å². The van der Waals surface area contributed by atoms with E-state index in [4.69, 9.17) is 0 Å². The molecule has 1 heterocycles. The molecular weight excluding hydrogens is 357 g/mol. The first-order chi connectivity index (χ1) is 12.9. The lowest BCUT2D eigenvalue weighted by Crippen LogP contribution is -2.28. The summed E-state index contributed by atoms with van der Waals surface area (Å²) in [5, 5.41) is 5.03. The number of aliphatic imine (C=N–C) groups is 2. The summed E-state index contributed by atoms with van der Waals surface area (Å²) in [5.41, 5.74) is 1.24. The standard InChI is InChI=1S/C19H17F3N4O/c20-19(21,22)15-2-1-3-16(9-15)26-18(27)24-10-14-6-4-13(5-7-14)8-17-11-23-12-25-17/h1-7,9,11-12,17H,8,10H2,(H2,24,26,27). The molecule has 1 unspecified atom stereocenters. The van der Waals surface area contributed by atoms with E-state index in [0.717, 1.165) is 29.7 Å². The number of nitrogens with zero attached hydrogens (tertiary/aromatic N) is 2. The Morgan fingerprint density at radius 1 is 1.07 bits per heavy atom. The van der Waals surface area contributed by atoms with Crippen LogP contribution < -0.4 is 10.6 Å². The van der Waals surface area contributed by atoms with Gasteiger partial charge in [0, 0.05) is 18.4 Å². The van der Waals surface area contributed by atoms with Gasteiger partial charge in [-0.15, -0.1) is 0 Å². The molecule has 2 aromatic carbocycles. The first-order valence-corrected chi connectivity index (χ1v) is 8.25. The van der Waals surface area contributed by atoms with E-state index in [1.165, 1.54) is 18.5 Å². The summed E-state index contributed by atoms with van der Waals surface area (Å²) in [6.07, 6.45) is -0.380. The van der Waals surface area contributed by atoms with E-state index in [2.05, 4.69) is 20.6 Å². The quantitative estimate of drug-likeness (QED) is 0.815. The van der Waals surface area contributed by atoms with Crippen molar-refractivity contribution in [2.75, 3.05) is 5.32 Å². The van der Waals surface area contributed by atoms with Crippen LogP contribution in [0.4, 0.5) is 23.7 Å². The fourth-order valence-corrected chi connectivity index (χ4v) is 2.57. The normalized spacial score (nSPS) is 15.7. The van der Waals surface area contributed by atoms with Crippen LogP contribution in [-0.4, -0.2) is 24.6 Å². The van der Waals surface area contributed by atoms with Crippen molar-refractivity contribution < 1.29 is 18.0 Å². The summed E-state index contributed by atoms with van der Waals surface area (Å²) in [6, 6.07) is 11.6. The van der Waals surface area contributed by atoms with Gasteiger partial charge in [0.25, 0.3) is 0 Å². The van der Waals surface area contributed by atoms with Gasteiger partial charge in [-0.25, -0.2) is 9.79 Å². The molecule has 2 amide bonds. The summed E-state index contributed by atoms with van der Waals surface area (Å²) < 4.78 is 38.1. The first kappa shape index (κ1) is 18.6. The van der Waals surface area contributed by atoms with E-state index in [9.17, 15) is 18.0 Å². The van der Waals surface area contributed by atoms with Gasteiger partial charge in [-0.1, -0.05) is 30.3 Å². The van der Waals surface area contributed by atoms with E-state index in [0.29, 0.717) is 0 Å². The maximum Gasteiger partial charge on any atom is 0.416 e. The number of rotatable bonds is 5. The second-order valence-corrected chi connectivity index (χ2v) is 6.04. The summed E-state index contributed by atoms with van der Waals surface area (Å²) in [5.74, 6) is 0. The largest absolute Gasteiger partial charge is 0.416 e. The molecular formula is C19H17F3N4O. The molecule has 0 bridgehead atoms. The van der Waals surface area contributed by atoms with Gasteiger partial charge in [0.1, 0.15) is 6.34 Å². The van der Waals surface area contributed by atoms with Gasteiger partial charge in [-0.2, -0.15) is 13.2 Å². The predicted octanol–water partition coefficient (Wildman–Crippen LogP) is 4.05. The van der Waals surface area contributed by atoms with E-state index in [1.807, 2.05) is 24.3 Å². The Bertz CT molecular complexity index is 848. The Hall–Kier alpha value is -3.16. The molecule has 0 aromatic heterocycles. The third-order valence-electron chi connectivity index (χ3n) is 3.95. The number of nitrogens with one attached hydrogen (secondary N) is 2. The van der Waals surface area contributed by atoms with Crippen LogP contribution in [0.2, 0.25) is 0 Å². The molecule has 0 fully saturated rings. The van der Waals surface area contributed by atoms with Gasteiger partial charge in [-0.3, -0.25) is 4.99 Å². The number of halogens is 3. The van der Waals surface area contributed by atoms with Crippen LogP contribution in [-0.2, 0) is 19.1 Å². The summed E-state index contributed by atoms with van der Waals surface area (Å²) in [6.45, 7) is 0.258. The number of hydrogen-bond acceptors (Lipinski definition) is 3. The van der Waals surface area contributed by atoms with Crippen LogP contribution in [0.25, 0.3) is 0 Å². The number of carbonyl (C=O) groups is 1. The Balaban J connectivity index is 1.50. The van der Waals surface area contributed by atoms with Crippen LogP contribution in [0.3, 0.4) is 0 Å². The number of hydrogen-bond donors (Lipinski definition) is 2. The van der Waals surface area contributed by atoms with Crippen LogP contribution in [0.15, 0.2) is 58.5 Å². The molecule has 2 N–H and O–H groups in total. The van der Waals surface area contributed by atoms with Gasteiger partial charge in [0.2, 0.25) is 0 Å². The minimum atomic E-state index is -4.45. The third-order valence-corrected chi connectivity index (χ3v) is 3.95. The molecule has 3 rings (SSSR count). The summed E-state index contributed by atoms with van der Waals surface area (Å²) >= 11 is 0. The lowest BCUT2D eigenvalue weighted by molar-refractivity contribution is -0.137. The van der Waals surface area contributed by atoms with E-state index < -0.39 is 17.8 Å². The van der Waals surface area contributed by atoms with Crippen LogP contribution in [0.1, 0.15) is 16.7 Å². The molecule has 140 valence electrons. The van der Waals surface area contributed by atoms with Crippen molar-refractivity contribution in [2.45, 2.75) is 25.2 Å². The highest BCUT2D eigenvalue weighted by Gasteiger charge is 2.30. The molecule has 0 saturated heterocycles. The molecule has 1 aliphatic rings. The monoisotopic (exact) mass is 374 g/mol. The summed E-state index contributed by atoms with van der Waals surface area (Å²) in [4.78, 5) is 20.0. The second kappa shape index (κ2) is 8.03. The number of alkyl halides is 3. The molecule has 27 heavy (non-hydrogen) atoms. The fourth-order valence-electron chi connectivity index (χ4n) is 2.57. The number of benzene rings is 2. The average molecular weight is 374 g/mol. The topological polar surface area (TPSA) is 65.8 Å². The van der Waals surface area contributed by atoms with Crippen LogP contribution in [0.5, 0.6) is 0 Å². The minimum Gasteiger partial charge on any atom is -0.334 e. The van der Waals surface area contributed by atoms with Gasteiger partial charge in [0.05, 0.1) is 11.6 Å². The highest BCUT2D eigenvalue weighted by atomic mass is 19.4. The Kier molecular flexibility index (Phi) is 5.54. The Morgan fingerprint density at radius 3 is 2.48 bits per heavy atom. The van der Waals surface area contributed by atoms with E-state index in [1.54, 1.807) is 6.21 Å². The maximum atomic E-state index is 12.7. The predicted molar refractivity (Wildman–Crippen MR) is 98.2 cm³/mol. The fraction of sp³-hybridized carbons (Fsp3) is 0.211. The highest BCUT2D eigenvalue weighted by molar-refractivity contribution is 5.89. The molecule has 0 spiro atoms. The van der Waals surface area contributed by atoms with Crippen molar-refractivity contribution in [3.05, 3.63) is 65.2 Å². The van der Waals surface area contributed by atoms with Crippen molar-refractivity contribution in [1.82, 2.24) is 5.32 Å². The average Bonchev–Trinajstić information content (AvgIpc) is 3.14. The lowest BCUT2D eigenvalue weighted by Gasteiger charge is -2.11. The van der Waals surface area contributed by atoms with Crippen molar-refractivity contribution >= 4 is 24.3 Å². The molecule has 1 aliphatic heterocycles. The number of urea groups is 1. The molecule has 1 atom stereocenters. The highest BCUT2D eigenvalue weighted by Crippen LogP contribution is 2.30. The molecule has 0 aliphatic carbocycles. The second-order valence-electron chi connectivity index (χ2n) is 6.04.